The Kier molecular flexibility index (Phi) is 5.58. The average molecular weight is 427 g/mol. The van der Waals surface area contributed by atoms with Gasteiger partial charge >= 0.3 is 0 Å². The minimum Gasteiger partial charge on any atom is -0.171 e. The van der Waals surface area contributed by atoms with Gasteiger partial charge in [-0.3, -0.25) is 0 Å². The predicted octanol–water partition coefficient (Wildman–Crippen LogP) is 5.04. The average Bonchev–Trinajstić information content (AvgIpc) is 2.88. The fourth-order valence-electron chi connectivity index (χ4n) is 4.72. The highest BCUT2D eigenvalue weighted by Crippen LogP contribution is 2.20. The zero-order valence-electron chi connectivity index (χ0n) is 18.3. The molecule has 0 aliphatic rings. The zero-order valence-corrected chi connectivity index (χ0v) is 19.3. The summed E-state index contributed by atoms with van der Waals surface area (Å²) in [5, 5.41) is 5.61. The third kappa shape index (κ3) is 3.61. The molecular formula is C31H26Si-. The van der Waals surface area contributed by atoms with Crippen LogP contribution in [0, 0.1) is 6.92 Å². The van der Waals surface area contributed by atoms with E-state index in [1.54, 1.807) is 0 Å². The van der Waals surface area contributed by atoms with Crippen molar-refractivity contribution in [1.29, 1.82) is 0 Å². The molecule has 5 rings (SSSR count). The molecule has 32 heavy (non-hydrogen) atoms. The van der Waals surface area contributed by atoms with E-state index in [1.165, 1.54) is 37.4 Å². The number of hydrogen-bond donors (Lipinski definition) is 0. The molecule has 0 radical (unpaired) electrons. The maximum atomic E-state index is 2.36. The van der Waals surface area contributed by atoms with Crippen molar-refractivity contribution in [2.24, 2.45) is 0 Å². The molecule has 0 bridgehead atoms. The molecule has 0 aliphatic carbocycles. The van der Waals surface area contributed by atoms with Crippen LogP contribution in [0.1, 0.15) is 5.56 Å². The van der Waals surface area contributed by atoms with E-state index in [-0.39, 0.29) is 0 Å². The lowest BCUT2D eigenvalue weighted by Gasteiger charge is -2.47. The fourth-order valence-corrected chi connectivity index (χ4v) is 9.47. The topological polar surface area (TPSA) is 0 Å². The van der Waals surface area contributed by atoms with Crippen LogP contribution in [0.2, 0.25) is 0 Å². The molecule has 0 aromatic heterocycles. The molecule has 0 nitrogen and oxygen atoms in total. The van der Waals surface area contributed by atoms with Crippen molar-refractivity contribution in [3.8, 4) is 11.1 Å². The van der Waals surface area contributed by atoms with Crippen molar-refractivity contribution < 1.29 is 0 Å². The first-order chi connectivity index (χ1) is 15.8. The van der Waals surface area contributed by atoms with Crippen molar-refractivity contribution >= 4 is 28.8 Å². The second-order valence-corrected chi connectivity index (χ2v) is 12.1. The Bertz CT molecular complexity index is 1180. The molecule has 0 atom stereocenters. The molecule has 0 N–H and O–H groups in total. The number of rotatable bonds is 5. The van der Waals surface area contributed by atoms with Gasteiger partial charge in [0.25, 0.3) is 0 Å². The van der Waals surface area contributed by atoms with Gasteiger partial charge < -0.3 is 0 Å². The first-order valence-electron chi connectivity index (χ1n) is 11.1. The number of benzene rings is 5. The molecule has 1 heteroatoms. The van der Waals surface area contributed by atoms with Crippen LogP contribution in [0.5, 0.6) is 0 Å². The normalized spacial score (nSPS) is 11.3. The molecule has 0 fully saturated rings. The van der Waals surface area contributed by atoms with Gasteiger partial charge in [0, 0.05) is 0 Å². The third-order valence-electron chi connectivity index (χ3n) is 6.32. The molecule has 0 aliphatic heterocycles. The summed E-state index contributed by atoms with van der Waals surface area (Å²) in [5.74, 6) is 0. The molecular weight excluding hydrogens is 400 g/mol. The SMILES string of the molecule is Cc1ccc(-c2ccc([Si-](c3ccccc3)(c3ccccc3)c3ccccc3)cc2)cc1. The molecule has 0 saturated carbocycles. The maximum absolute atomic E-state index is 2.43. The quantitative estimate of drug-likeness (QED) is 0.273. The lowest BCUT2D eigenvalue weighted by molar-refractivity contribution is 1.47. The van der Waals surface area contributed by atoms with Gasteiger partial charge in [-0.1, -0.05) is 145 Å². The number of hydrogen-bond acceptors (Lipinski definition) is 0. The summed E-state index contributed by atoms with van der Waals surface area (Å²) < 4.78 is 0. The maximum Gasteiger partial charge on any atom is -0.0184 e. The van der Waals surface area contributed by atoms with E-state index in [4.69, 9.17) is 0 Å². The van der Waals surface area contributed by atoms with Crippen LogP contribution in [0.15, 0.2) is 140 Å². The largest absolute Gasteiger partial charge is 0.171 e. The van der Waals surface area contributed by atoms with Crippen LogP contribution in [-0.4, -0.2) is 8.07 Å². The monoisotopic (exact) mass is 426 g/mol. The summed E-state index contributed by atoms with van der Waals surface area (Å²) in [6, 6.07) is 51.3. The van der Waals surface area contributed by atoms with Crippen LogP contribution in [0.3, 0.4) is 0 Å². The van der Waals surface area contributed by atoms with Crippen molar-refractivity contribution in [2.75, 3.05) is 0 Å². The summed E-state index contributed by atoms with van der Waals surface area (Å²) >= 11 is 0. The van der Waals surface area contributed by atoms with Gasteiger partial charge in [0.2, 0.25) is 0 Å². The molecule has 0 heterocycles. The molecule has 5 aromatic rings. The lowest BCUT2D eigenvalue weighted by atomic mass is 10.0. The lowest BCUT2D eigenvalue weighted by Crippen LogP contribution is -2.74. The number of aryl methyl sites for hydroxylation is 1. The van der Waals surface area contributed by atoms with E-state index in [9.17, 15) is 0 Å². The molecule has 0 amide bonds. The van der Waals surface area contributed by atoms with Gasteiger partial charge in [-0.15, -0.1) is 0 Å². The van der Waals surface area contributed by atoms with Crippen LogP contribution in [0.4, 0.5) is 0 Å². The van der Waals surface area contributed by atoms with E-state index in [2.05, 4.69) is 146 Å². The molecule has 0 saturated heterocycles. The summed E-state index contributed by atoms with van der Waals surface area (Å²) in [7, 11) is -2.43. The molecule has 0 unspecified atom stereocenters. The fraction of sp³-hybridized carbons (Fsp3) is 0.0323. The van der Waals surface area contributed by atoms with Gasteiger partial charge in [-0.2, -0.15) is 20.7 Å². The van der Waals surface area contributed by atoms with Gasteiger partial charge in [-0.05, 0) is 26.1 Å². The van der Waals surface area contributed by atoms with Crippen molar-refractivity contribution in [3.05, 3.63) is 145 Å². The first-order valence-corrected chi connectivity index (χ1v) is 13.1. The molecule has 155 valence electrons. The Morgan fingerprint density at radius 1 is 0.344 bits per heavy atom. The highest BCUT2D eigenvalue weighted by atomic mass is 28.3. The minimum absolute atomic E-state index is 1.26. The van der Waals surface area contributed by atoms with Crippen molar-refractivity contribution in [1.82, 2.24) is 0 Å². The smallest absolute Gasteiger partial charge is 0.0184 e. The van der Waals surface area contributed by atoms with Gasteiger partial charge in [0.15, 0.2) is 0 Å². The van der Waals surface area contributed by atoms with E-state index in [1.807, 2.05) is 0 Å². The zero-order chi connectivity index (χ0) is 21.8. The Balaban J connectivity index is 1.76. The summed E-state index contributed by atoms with van der Waals surface area (Å²) in [4.78, 5) is 0. The Labute approximate surface area is 191 Å². The van der Waals surface area contributed by atoms with Crippen LogP contribution < -0.4 is 20.7 Å². The third-order valence-corrected chi connectivity index (χ3v) is 11.1. The summed E-state index contributed by atoms with van der Waals surface area (Å²) in [5.41, 5.74) is 3.80. The van der Waals surface area contributed by atoms with Crippen LogP contribution in [-0.2, 0) is 0 Å². The summed E-state index contributed by atoms with van der Waals surface area (Å²) in [6.45, 7) is 2.13. The van der Waals surface area contributed by atoms with Crippen molar-refractivity contribution in [3.63, 3.8) is 0 Å². The summed E-state index contributed by atoms with van der Waals surface area (Å²) in [6.07, 6.45) is 0. The van der Waals surface area contributed by atoms with E-state index in [0.29, 0.717) is 0 Å². The Morgan fingerprint density at radius 3 is 1.03 bits per heavy atom. The first kappa shape index (κ1) is 20.2. The van der Waals surface area contributed by atoms with Gasteiger partial charge in [0.05, 0.1) is 0 Å². The Morgan fingerprint density at radius 2 is 0.656 bits per heavy atom. The van der Waals surface area contributed by atoms with Crippen LogP contribution in [0.25, 0.3) is 11.1 Å². The van der Waals surface area contributed by atoms with E-state index < -0.39 is 8.07 Å². The van der Waals surface area contributed by atoms with Gasteiger partial charge in [-0.25, -0.2) is 0 Å². The van der Waals surface area contributed by atoms with E-state index >= 15 is 0 Å². The van der Waals surface area contributed by atoms with Crippen molar-refractivity contribution in [2.45, 2.75) is 6.92 Å². The standard InChI is InChI=1S/C31H26Si/c1-25-17-19-26(20-18-25)27-21-23-31(24-22-27)32(28-11-5-2-6-12-28,29-13-7-3-8-14-29)30-15-9-4-10-16-30/h2-24H,1H3/q-1. The highest BCUT2D eigenvalue weighted by Gasteiger charge is 2.27. The van der Waals surface area contributed by atoms with Gasteiger partial charge in [0.1, 0.15) is 0 Å². The predicted molar refractivity (Wildman–Crippen MR) is 140 cm³/mol. The molecule has 0 spiro atoms. The molecule has 5 aromatic carbocycles. The van der Waals surface area contributed by atoms with Crippen LogP contribution >= 0.6 is 0 Å². The van der Waals surface area contributed by atoms with E-state index in [0.717, 1.165) is 0 Å². The second-order valence-electron chi connectivity index (χ2n) is 8.29. The Hall–Kier alpha value is -3.68. The minimum atomic E-state index is -2.43. The second kappa shape index (κ2) is 8.82. The highest BCUT2D eigenvalue weighted by molar-refractivity contribution is 7.19.